The number of carbonyl (C=O) groups excluding carboxylic acids is 1. The van der Waals surface area contributed by atoms with Crippen LogP contribution in [-0.4, -0.2) is 39.6 Å². The van der Waals surface area contributed by atoms with Crippen LogP contribution in [0.15, 0.2) is 42.7 Å². The minimum absolute atomic E-state index is 0.165. The van der Waals surface area contributed by atoms with Gasteiger partial charge in [0, 0.05) is 43.2 Å². The second kappa shape index (κ2) is 7.56. The molecule has 144 valence electrons. The van der Waals surface area contributed by atoms with Gasteiger partial charge in [0.05, 0.1) is 6.04 Å². The number of rotatable bonds is 4. The lowest BCUT2D eigenvalue weighted by Gasteiger charge is -2.24. The Morgan fingerprint density at radius 2 is 2.14 bits per heavy atom. The van der Waals surface area contributed by atoms with E-state index in [1.807, 2.05) is 12.1 Å². The van der Waals surface area contributed by atoms with Crippen molar-refractivity contribution in [2.24, 2.45) is 0 Å². The highest BCUT2D eigenvalue weighted by atomic mass is 16.2. The van der Waals surface area contributed by atoms with Crippen LogP contribution >= 0.6 is 0 Å². The van der Waals surface area contributed by atoms with Crippen LogP contribution in [0.4, 0.5) is 0 Å². The molecule has 0 saturated heterocycles. The van der Waals surface area contributed by atoms with Gasteiger partial charge in [-0.05, 0) is 43.7 Å². The second-order valence-corrected chi connectivity index (χ2v) is 7.57. The summed E-state index contributed by atoms with van der Waals surface area (Å²) in [6.07, 6.45) is 4.43. The van der Waals surface area contributed by atoms with Gasteiger partial charge in [-0.1, -0.05) is 29.8 Å². The van der Waals surface area contributed by atoms with Crippen molar-refractivity contribution in [3.05, 3.63) is 81.9 Å². The smallest absolute Gasteiger partial charge is 0.272 e. The van der Waals surface area contributed by atoms with E-state index in [1.165, 1.54) is 5.56 Å². The van der Waals surface area contributed by atoms with Crippen LogP contribution in [-0.2, 0) is 13.0 Å². The van der Waals surface area contributed by atoms with Crippen molar-refractivity contribution < 1.29 is 4.79 Å². The summed E-state index contributed by atoms with van der Waals surface area (Å²) in [5, 5.41) is 10.6. The topological polar surface area (TPSA) is 73.9 Å². The summed E-state index contributed by atoms with van der Waals surface area (Å²) in [6, 6.07) is 9.89. The normalized spacial score (nSPS) is 15.1. The Morgan fingerprint density at radius 3 is 2.89 bits per heavy atom. The molecule has 2 N–H and O–H groups in total. The predicted molar refractivity (Wildman–Crippen MR) is 108 cm³/mol. The molecule has 0 spiro atoms. The van der Waals surface area contributed by atoms with E-state index in [9.17, 15) is 4.79 Å². The van der Waals surface area contributed by atoms with Gasteiger partial charge in [0.2, 0.25) is 0 Å². The summed E-state index contributed by atoms with van der Waals surface area (Å²) in [5.74, 6) is -0.165. The number of hydrogen-bond donors (Lipinski definition) is 2. The van der Waals surface area contributed by atoms with E-state index in [1.54, 1.807) is 12.4 Å². The summed E-state index contributed by atoms with van der Waals surface area (Å²) >= 11 is 0. The number of carbonyl (C=O) groups is 1. The summed E-state index contributed by atoms with van der Waals surface area (Å²) in [7, 11) is 2.06. The zero-order valence-corrected chi connectivity index (χ0v) is 16.5. The Labute approximate surface area is 165 Å². The standard InChI is InChI=1S/C22H25N5O/c1-14-6-7-17(15(2)11-14)20(16-5-4-9-23-12-16)24-22(28)21-18-13-27(3)10-8-19(18)25-26-21/h4-7,9,11-12,20H,8,10,13H2,1-3H3,(H,24,28)(H,25,26)/t20-/m1/s1. The van der Waals surface area contributed by atoms with E-state index in [4.69, 9.17) is 0 Å². The molecule has 1 aliphatic rings. The molecule has 1 aromatic carbocycles. The molecule has 0 saturated carbocycles. The Bertz CT molecular complexity index is 995. The molecular weight excluding hydrogens is 350 g/mol. The maximum atomic E-state index is 13.2. The molecule has 0 aliphatic carbocycles. The van der Waals surface area contributed by atoms with Gasteiger partial charge in [-0.3, -0.25) is 14.9 Å². The zero-order chi connectivity index (χ0) is 19.7. The molecule has 0 unspecified atom stereocenters. The van der Waals surface area contributed by atoms with Crippen molar-refractivity contribution in [2.45, 2.75) is 32.9 Å². The summed E-state index contributed by atoms with van der Waals surface area (Å²) in [5.41, 5.74) is 6.89. The van der Waals surface area contributed by atoms with Gasteiger partial charge >= 0.3 is 0 Å². The fourth-order valence-electron chi connectivity index (χ4n) is 3.85. The van der Waals surface area contributed by atoms with Crippen LogP contribution in [0, 0.1) is 13.8 Å². The number of hydrogen-bond acceptors (Lipinski definition) is 4. The van der Waals surface area contributed by atoms with Gasteiger partial charge in [-0.25, -0.2) is 0 Å². The van der Waals surface area contributed by atoms with Gasteiger partial charge in [0.1, 0.15) is 0 Å². The molecule has 1 amide bonds. The van der Waals surface area contributed by atoms with E-state index >= 15 is 0 Å². The molecule has 6 heteroatoms. The Hall–Kier alpha value is -2.99. The predicted octanol–water partition coefficient (Wildman–Crippen LogP) is 2.93. The van der Waals surface area contributed by atoms with Crippen molar-refractivity contribution >= 4 is 5.91 Å². The molecule has 28 heavy (non-hydrogen) atoms. The third kappa shape index (κ3) is 3.55. The molecule has 3 aromatic rings. The number of aryl methyl sites for hydroxylation is 2. The monoisotopic (exact) mass is 375 g/mol. The quantitative estimate of drug-likeness (QED) is 0.735. The number of pyridine rings is 1. The lowest BCUT2D eigenvalue weighted by Crippen LogP contribution is -2.32. The van der Waals surface area contributed by atoms with Crippen LogP contribution in [0.1, 0.15) is 50.0 Å². The van der Waals surface area contributed by atoms with E-state index in [0.717, 1.165) is 47.5 Å². The molecule has 0 bridgehead atoms. The van der Waals surface area contributed by atoms with Gasteiger partial charge in [-0.2, -0.15) is 5.10 Å². The first-order valence-electron chi connectivity index (χ1n) is 9.55. The highest BCUT2D eigenvalue weighted by Gasteiger charge is 2.26. The van der Waals surface area contributed by atoms with E-state index in [0.29, 0.717) is 5.69 Å². The van der Waals surface area contributed by atoms with Gasteiger partial charge < -0.3 is 10.2 Å². The SMILES string of the molecule is Cc1ccc([C@H](NC(=O)c2n[nH]c3c2CN(C)CC3)c2cccnc2)c(C)c1. The molecule has 1 aliphatic heterocycles. The number of nitrogens with zero attached hydrogens (tertiary/aromatic N) is 3. The van der Waals surface area contributed by atoms with E-state index in [-0.39, 0.29) is 11.9 Å². The first-order valence-corrected chi connectivity index (χ1v) is 9.55. The van der Waals surface area contributed by atoms with E-state index in [2.05, 4.69) is 64.5 Å². The molecule has 0 radical (unpaired) electrons. The highest BCUT2D eigenvalue weighted by molar-refractivity contribution is 5.94. The van der Waals surface area contributed by atoms with Crippen LogP contribution in [0.25, 0.3) is 0 Å². The number of H-pyrrole nitrogens is 1. The molecule has 0 fully saturated rings. The largest absolute Gasteiger partial charge is 0.340 e. The third-order valence-electron chi connectivity index (χ3n) is 5.37. The molecule has 4 rings (SSSR count). The van der Waals surface area contributed by atoms with Gasteiger partial charge in [0.25, 0.3) is 5.91 Å². The molecule has 1 atom stereocenters. The van der Waals surface area contributed by atoms with Crippen molar-refractivity contribution in [3.8, 4) is 0 Å². The minimum Gasteiger partial charge on any atom is -0.340 e. The molecular formula is C22H25N5O. The summed E-state index contributed by atoms with van der Waals surface area (Å²) in [6.45, 7) is 5.84. The maximum Gasteiger partial charge on any atom is 0.272 e. The third-order valence-corrected chi connectivity index (χ3v) is 5.37. The number of likely N-dealkylation sites (N-methyl/N-ethyl adjacent to an activating group) is 1. The summed E-state index contributed by atoms with van der Waals surface area (Å²) in [4.78, 5) is 19.6. The molecule has 2 aromatic heterocycles. The first-order chi connectivity index (χ1) is 13.5. The van der Waals surface area contributed by atoms with Gasteiger partial charge in [-0.15, -0.1) is 0 Å². The molecule has 6 nitrogen and oxygen atoms in total. The second-order valence-electron chi connectivity index (χ2n) is 7.57. The maximum absolute atomic E-state index is 13.2. The van der Waals surface area contributed by atoms with Crippen LogP contribution in [0.2, 0.25) is 0 Å². The number of amides is 1. The highest BCUT2D eigenvalue weighted by Crippen LogP contribution is 2.27. The van der Waals surface area contributed by atoms with Crippen LogP contribution in [0.3, 0.4) is 0 Å². The fourth-order valence-corrected chi connectivity index (χ4v) is 3.85. The average Bonchev–Trinajstić information content (AvgIpc) is 3.10. The Morgan fingerprint density at radius 1 is 1.29 bits per heavy atom. The number of fused-ring (bicyclic) bond motifs is 1. The molecule has 3 heterocycles. The Balaban J connectivity index is 1.69. The number of aromatic amines is 1. The first kappa shape index (κ1) is 18.4. The zero-order valence-electron chi connectivity index (χ0n) is 16.5. The fraction of sp³-hybridized carbons (Fsp3) is 0.318. The van der Waals surface area contributed by atoms with Crippen molar-refractivity contribution in [2.75, 3.05) is 13.6 Å². The number of benzene rings is 1. The number of aromatic nitrogens is 3. The average molecular weight is 375 g/mol. The van der Waals surface area contributed by atoms with E-state index < -0.39 is 0 Å². The van der Waals surface area contributed by atoms with Crippen LogP contribution < -0.4 is 5.32 Å². The number of nitrogens with one attached hydrogen (secondary N) is 2. The van der Waals surface area contributed by atoms with Crippen molar-refractivity contribution in [1.29, 1.82) is 0 Å². The van der Waals surface area contributed by atoms with Crippen LogP contribution in [0.5, 0.6) is 0 Å². The minimum atomic E-state index is -0.282. The lowest BCUT2D eigenvalue weighted by atomic mass is 9.94. The van der Waals surface area contributed by atoms with Gasteiger partial charge in [0.15, 0.2) is 5.69 Å². The lowest BCUT2D eigenvalue weighted by molar-refractivity contribution is 0.0935. The summed E-state index contributed by atoms with van der Waals surface area (Å²) < 4.78 is 0. The Kier molecular flexibility index (Phi) is 4.96. The van der Waals surface area contributed by atoms with Crippen molar-refractivity contribution in [3.63, 3.8) is 0 Å². The van der Waals surface area contributed by atoms with Crippen molar-refractivity contribution in [1.82, 2.24) is 25.4 Å².